The van der Waals surface area contributed by atoms with E-state index in [4.69, 9.17) is 9.47 Å². The van der Waals surface area contributed by atoms with Crippen molar-refractivity contribution in [2.24, 2.45) is 11.8 Å². The number of amides is 2. The third-order valence-corrected chi connectivity index (χ3v) is 7.96. The Balaban J connectivity index is 1.04. The van der Waals surface area contributed by atoms with Crippen molar-refractivity contribution in [3.8, 4) is 0 Å². The van der Waals surface area contributed by atoms with Crippen LogP contribution in [-0.2, 0) is 19.1 Å². The van der Waals surface area contributed by atoms with E-state index in [1.807, 2.05) is 9.80 Å². The molecule has 0 aromatic heterocycles. The second kappa shape index (κ2) is 13.6. The quantitative estimate of drug-likeness (QED) is 0.495. The Bertz CT molecular complexity index is 604. The highest BCUT2D eigenvalue weighted by atomic mass is 16.5. The van der Waals surface area contributed by atoms with E-state index in [1.165, 1.54) is 0 Å². The van der Waals surface area contributed by atoms with Gasteiger partial charge in [-0.15, -0.1) is 0 Å². The molecular weight excluding hydrogens is 432 g/mol. The number of rotatable bonds is 8. The number of likely N-dealkylation sites (tertiary alicyclic amines) is 2. The topological polar surface area (TPSA) is 65.6 Å². The number of hydrogen-bond acceptors (Lipinski definition) is 6. The van der Waals surface area contributed by atoms with Crippen molar-refractivity contribution in [3.05, 3.63) is 12.2 Å². The molecule has 0 N–H and O–H groups in total. The first kappa shape index (κ1) is 25.6. The van der Waals surface area contributed by atoms with E-state index in [9.17, 15) is 9.59 Å². The molecular formula is C26H44N4O4. The predicted molar refractivity (Wildman–Crippen MR) is 132 cm³/mol. The minimum Gasteiger partial charge on any atom is -0.378 e. The van der Waals surface area contributed by atoms with E-state index in [0.29, 0.717) is 62.9 Å². The molecule has 4 fully saturated rings. The van der Waals surface area contributed by atoms with Crippen molar-refractivity contribution < 1.29 is 19.1 Å². The van der Waals surface area contributed by atoms with Gasteiger partial charge in [-0.05, 0) is 63.7 Å². The van der Waals surface area contributed by atoms with Gasteiger partial charge in [0.05, 0.1) is 26.4 Å². The predicted octanol–water partition coefficient (Wildman–Crippen LogP) is 1.46. The first-order chi connectivity index (χ1) is 16.7. The van der Waals surface area contributed by atoms with Crippen molar-refractivity contribution in [2.75, 3.05) is 91.9 Å². The van der Waals surface area contributed by atoms with E-state index < -0.39 is 0 Å². The minimum atomic E-state index is 0.316. The van der Waals surface area contributed by atoms with Crippen molar-refractivity contribution >= 4 is 11.8 Å². The Labute approximate surface area is 205 Å². The molecule has 0 unspecified atom stereocenters. The summed E-state index contributed by atoms with van der Waals surface area (Å²) in [5.41, 5.74) is 0. The van der Waals surface area contributed by atoms with Gasteiger partial charge in [-0.1, -0.05) is 12.2 Å². The van der Waals surface area contributed by atoms with Crippen LogP contribution in [0.25, 0.3) is 0 Å². The summed E-state index contributed by atoms with van der Waals surface area (Å²) >= 11 is 0. The Morgan fingerprint density at radius 1 is 0.588 bits per heavy atom. The Morgan fingerprint density at radius 3 is 1.29 bits per heavy atom. The number of carbonyl (C=O) groups is 2. The van der Waals surface area contributed by atoms with Gasteiger partial charge < -0.3 is 19.3 Å². The summed E-state index contributed by atoms with van der Waals surface area (Å²) in [6.45, 7) is 12.1. The van der Waals surface area contributed by atoms with Crippen LogP contribution in [0, 0.1) is 11.8 Å². The molecule has 4 aliphatic rings. The van der Waals surface area contributed by atoms with Crippen LogP contribution in [0.4, 0.5) is 0 Å². The van der Waals surface area contributed by atoms with Gasteiger partial charge in [0.1, 0.15) is 0 Å². The molecule has 0 saturated carbocycles. The molecule has 0 aromatic carbocycles. The van der Waals surface area contributed by atoms with E-state index in [1.54, 1.807) is 0 Å². The standard InChI is InChI=1S/C26H44N4O4/c31-25(29-13-17-33-18-14-29)21-23-3-9-27(10-4-23)7-1-2-8-28-11-5-24(6-12-28)22-26(32)30-15-19-34-20-16-30/h1-2,23-24H,3-22H2/b2-1+. The van der Waals surface area contributed by atoms with Gasteiger partial charge in [0.25, 0.3) is 0 Å². The molecule has 192 valence electrons. The van der Waals surface area contributed by atoms with Crippen molar-refractivity contribution in [2.45, 2.75) is 38.5 Å². The highest BCUT2D eigenvalue weighted by Crippen LogP contribution is 2.23. The summed E-state index contributed by atoms with van der Waals surface area (Å²) in [6, 6.07) is 0. The van der Waals surface area contributed by atoms with Gasteiger partial charge in [-0.2, -0.15) is 0 Å². The number of morpholine rings is 2. The summed E-state index contributed by atoms with van der Waals surface area (Å²) in [7, 11) is 0. The van der Waals surface area contributed by atoms with Crippen molar-refractivity contribution in [1.29, 1.82) is 0 Å². The lowest BCUT2D eigenvalue weighted by atomic mass is 9.92. The zero-order valence-corrected chi connectivity index (χ0v) is 20.9. The summed E-state index contributed by atoms with van der Waals surface area (Å²) in [5, 5.41) is 0. The monoisotopic (exact) mass is 476 g/mol. The molecule has 4 heterocycles. The van der Waals surface area contributed by atoms with Crippen LogP contribution < -0.4 is 0 Å². The van der Waals surface area contributed by atoms with Gasteiger partial charge in [-0.25, -0.2) is 0 Å². The first-order valence-electron chi connectivity index (χ1n) is 13.5. The van der Waals surface area contributed by atoms with E-state index in [2.05, 4.69) is 22.0 Å². The molecule has 8 heteroatoms. The van der Waals surface area contributed by atoms with Crippen LogP contribution >= 0.6 is 0 Å². The molecule has 0 aliphatic carbocycles. The number of nitrogens with zero attached hydrogens (tertiary/aromatic N) is 4. The van der Waals surface area contributed by atoms with Crippen molar-refractivity contribution in [3.63, 3.8) is 0 Å². The third kappa shape index (κ3) is 8.04. The van der Waals surface area contributed by atoms with Gasteiger partial charge in [0, 0.05) is 52.1 Å². The van der Waals surface area contributed by atoms with Gasteiger partial charge >= 0.3 is 0 Å². The van der Waals surface area contributed by atoms with Crippen LogP contribution in [0.1, 0.15) is 38.5 Å². The van der Waals surface area contributed by atoms with E-state index in [-0.39, 0.29) is 0 Å². The van der Waals surface area contributed by atoms with Crippen LogP contribution in [0.3, 0.4) is 0 Å². The minimum absolute atomic E-state index is 0.316. The normalized spacial score (nSPS) is 24.7. The van der Waals surface area contributed by atoms with Gasteiger partial charge in [0.15, 0.2) is 0 Å². The molecule has 0 radical (unpaired) electrons. The molecule has 4 aliphatic heterocycles. The summed E-state index contributed by atoms with van der Waals surface area (Å²) < 4.78 is 10.7. The molecule has 4 saturated heterocycles. The second-order valence-electron chi connectivity index (χ2n) is 10.4. The Morgan fingerprint density at radius 2 is 0.941 bits per heavy atom. The molecule has 0 aromatic rings. The fourth-order valence-electron chi connectivity index (χ4n) is 5.57. The maximum atomic E-state index is 12.5. The van der Waals surface area contributed by atoms with Gasteiger partial charge in [-0.3, -0.25) is 19.4 Å². The lowest BCUT2D eigenvalue weighted by molar-refractivity contribution is -0.137. The van der Waals surface area contributed by atoms with E-state index >= 15 is 0 Å². The average Bonchev–Trinajstić information content (AvgIpc) is 2.89. The number of hydrogen-bond donors (Lipinski definition) is 0. The van der Waals surface area contributed by atoms with Crippen LogP contribution in [-0.4, -0.2) is 123 Å². The Hall–Kier alpha value is -1.48. The molecule has 34 heavy (non-hydrogen) atoms. The maximum absolute atomic E-state index is 12.5. The van der Waals surface area contributed by atoms with Crippen LogP contribution in [0.2, 0.25) is 0 Å². The van der Waals surface area contributed by atoms with Crippen LogP contribution in [0.5, 0.6) is 0 Å². The number of piperidine rings is 2. The maximum Gasteiger partial charge on any atom is 0.223 e. The highest BCUT2D eigenvalue weighted by molar-refractivity contribution is 5.77. The molecule has 4 rings (SSSR count). The summed E-state index contributed by atoms with van der Waals surface area (Å²) in [4.78, 5) is 33.9. The number of carbonyl (C=O) groups excluding carboxylic acids is 2. The molecule has 0 spiro atoms. The zero-order valence-electron chi connectivity index (χ0n) is 20.9. The van der Waals surface area contributed by atoms with Crippen LogP contribution in [0.15, 0.2) is 12.2 Å². The summed E-state index contributed by atoms with van der Waals surface area (Å²) in [5.74, 6) is 1.70. The van der Waals surface area contributed by atoms with Gasteiger partial charge in [0.2, 0.25) is 11.8 Å². The summed E-state index contributed by atoms with van der Waals surface area (Å²) in [6.07, 6.45) is 10.5. The van der Waals surface area contributed by atoms with E-state index in [0.717, 1.165) is 91.1 Å². The first-order valence-corrected chi connectivity index (χ1v) is 13.5. The molecule has 0 atom stereocenters. The fraction of sp³-hybridized carbons (Fsp3) is 0.846. The third-order valence-electron chi connectivity index (χ3n) is 7.96. The highest BCUT2D eigenvalue weighted by Gasteiger charge is 2.26. The lowest BCUT2D eigenvalue weighted by Crippen LogP contribution is -2.42. The second-order valence-corrected chi connectivity index (χ2v) is 10.4. The fourth-order valence-corrected chi connectivity index (χ4v) is 5.57. The largest absolute Gasteiger partial charge is 0.378 e. The smallest absolute Gasteiger partial charge is 0.223 e. The molecule has 0 bridgehead atoms. The zero-order chi connectivity index (χ0) is 23.6. The number of ether oxygens (including phenoxy) is 2. The molecule has 2 amide bonds. The lowest BCUT2D eigenvalue weighted by Gasteiger charge is -2.33. The SMILES string of the molecule is O=C(CC1CCN(C/C=C/CN2CCC(CC(=O)N3CCOCC3)CC2)CC1)N1CCOCC1. The Kier molecular flexibility index (Phi) is 10.2. The molecule has 8 nitrogen and oxygen atoms in total. The average molecular weight is 477 g/mol. The van der Waals surface area contributed by atoms with Crippen molar-refractivity contribution in [1.82, 2.24) is 19.6 Å².